The van der Waals surface area contributed by atoms with Gasteiger partial charge >= 0.3 is 0 Å². The Morgan fingerprint density at radius 1 is 1.41 bits per heavy atom. The summed E-state index contributed by atoms with van der Waals surface area (Å²) in [7, 11) is 0. The lowest BCUT2D eigenvalue weighted by molar-refractivity contribution is -0.122. The zero-order valence-corrected chi connectivity index (χ0v) is 13.6. The molecule has 0 aliphatic carbocycles. The Hall–Kier alpha value is -2.35. The zero-order valence-electron chi connectivity index (χ0n) is 12.8. The highest BCUT2D eigenvalue weighted by Gasteiger charge is 2.11. The van der Waals surface area contributed by atoms with Gasteiger partial charge in [0.1, 0.15) is 12.4 Å². The molecule has 0 aliphatic rings. The van der Waals surface area contributed by atoms with Crippen LogP contribution in [0.1, 0.15) is 22.0 Å². The van der Waals surface area contributed by atoms with E-state index in [9.17, 15) is 4.79 Å². The molecule has 0 aromatic carbocycles. The first kappa shape index (κ1) is 14.6. The standard InChI is InChI=1S/C14H18N6OS/c1-8-4-12(15)20(18-8)7-13(21)16-5-11-6-19-9(2)10(3)22-14(19)17-11/h4,6H,5,7,15H2,1-3H3,(H,16,21). The maximum Gasteiger partial charge on any atom is 0.242 e. The molecule has 22 heavy (non-hydrogen) atoms. The minimum absolute atomic E-state index is 0.111. The smallest absolute Gasteiger partial charge is 0.242 e. The fourth-order valence-electron chi connectivity index (χ4n) is 2.26. The monoisotopic (exact) mass is 318 g/mol. The average Bonchev–Trinajstić information content (AvgIpc) is 3.06. The van der Waals surface area contributed by atoms with Crippen LogP contribution in [0.5, 0.6) is 0 Å². The van der Waals surface area contributed by atoms with Crippen LogP contribution >= 0.6 is 11.3 Å². The number of hydrogen-bond donors (Lipinski definition) is 2. The van der Waals surface area contributed by atoms with Crippen molar-refractivity contribution in [2.24, 2.45) is 0 Å². The molecule has 3 aromatic heterocycles. The second kappa shape index (κ2) is 5.45. The molecule has 8 heteroatoms. The van der Waals surface area contributed by atoms with Crippen LogP contribution in [-0.4, -0.2) is 25.1 Å². The van der Waals surface area contributed by atoms with Crippen molar-refractivity contribution in [1.29, 1.82) is 0 Å². The van der Waals surface area contributed by atoms with E-state index in [1.807, 2.05) is 13.1 Å². The summed E-state index contributed by atoms with van der Waals surface area (Å²) in [4.78, 5) is 18.7. The number of aromatic nitrogens is 4. The van der Waals surface area contributed by atoms with E-state index < -0.39 is 0 Å². The maximum absolute atomic E-state index is 12.0. The molecule has 0 unspecified atom stereocenters. The third kappa shape index (κ3) is 2.69. The lowest BCUT2D eigenvalue weighted by Gasteiger charge is -2.05. The summed E-state index contributed by atoms with van der Waals surface area (Å²) >= 11 is 1.65. The summed E-state index contributed by atoms with van der Waals surface area (Å²) in [5.74, 6) is 0.348. The van der Waals surface area contributed by atoms with Crippen LogP contribution in [0, 0.1) is 20.8 Å². The van der Waals surface area contributed by atoms with Gasteiger partial charge in [-0.2, -0.15) is 5.10 Å². The fraction of sp³-hybridized carbons (Fsp3) is 0.357. The van der Waals surface area contributed by atoms with E-state index in [1.54, 1.807) is 17.4 Å². The Bertz CT molecular complexity index is 843. The number of nitrogen functional groups attached to an aromatic ring is 1. The van der Waals surface area contributed by atoms with Gasteiger partial charge in [0, 0.05) is 22.8 Å². The first-order valence-corrected chi connectivity index (χ1v) is 7.76. The number of amides is 1. The van der Waals surface area contributed by atoms with E-state index in [-0.39, 0.29) is 12.5 Å². The Morgan fingerprint density at radius 3 is 2.82 bits per heavy atom. The van der Waals surface area contributed by atoms with Gasteiger partial charge in [-0.1, -0.05) is 0 Å². The molecule has 0 radical (unpaired) electrons. The van der Waals surface area contributed by atoms with Gasteiger partial charge < -0.3 is 11.1 Å². The topological polar surface area (TPSA) is 90.2 Å². The zero-order chi connectivity index (χ0) is 15.9. The van der Waals surface area contributed by atoms with Gasteiger partial charge in [0.15, 0.2) is 4.96 Å². The highest BCUT2D eigenvalue weighted by molar-refractivity contribution is 7.17. The first-order valence-electron chi connectivity index (χ1n) is 6.94. The average molecular weight is 318 g/mol. The van der Waals surface area contributed by atoms with Gasteiger partial charge in [0.25, 0.3) is 0 Å². The molecular formula is C14H18N6OS. The van der Waals surface area contributed by atoms with E-state index in [0.29, 0.717) is 12.4 Å². The summed E-state index contributed by atoms with van der Waals surface area (Å²) in [6, 6.07) is 1.74. The Balaban J connectivity index is 1.63. The highest BCUT2D eigenvalue weighted by Crippen LogP contribution is 2.21. The minimum Gasteiger partial charge on any atom is -0.384 e. The Kier molecular flexibility index (Phi) is 3.61. The molecule has 0 spiro atoms. The van der Waals surface area contributed by atoms with Crippen LogP contribution < -0.4 is 11.1 Å². The number of fused-ring (bicyclic) bond motifs is 1. The second-order valence-corrected chi connectivity index (χ2v) is 6.46. The van der Waals surface area contributed by atoms with E-state index in [4.69, 9.17) is 5.73 Å². The van der Waals surface area contributed by atoms with E-state index in [1.165, 1.54) is 15.3 Å². The molecule has 1 amide bonds. The van der Waals surface area contributed by atoms with Gasteiger partial charge in [-0.25, -0.2) is 9.67 Å². The van der Waals surface area contributed by atoms with Crippen LogP contribution in [0.3, 0.4) is 0 Å². The minimum atomic E-state index is -0.140. The molecule has 116 valence electrons. The Morgan fingerprint density at radius 2 is 2.18 bits per heavy atom. The number of carbonyl (C=O) groups excluding carboxylic acids is 1. The molecule has 3 aromatic rings. The number of imidazole rings is 1. The largest absolute Gasteiger partial charge is 0.384 e. The SMILES string of the molecule is Cc1cc(N)n(CC(=O)NCc2cn3c(C)c(C)sc3n2)n1. The van der Waals surface area contributed by atoms with Crippen molar-refractivity contribution >= 4 is 28.0 Å². The van der Waals surface area contributed by atoms with Crippen molar-refractivity contribution in [2.45, 2.75) is 33.9 Å². The van der Waals surface area contributed by atoms with Crippen molar-refractivity contribution < 1.29 is 4.79 Å². The Labute approximate surface area is 131 Å². The number of nitrogens with two attached hydrogens (primary N) is 1. The van der Waals surface area contributed by atoms with Gasteiger partial charge in [0.05, 0.1) is 17.9 Å². The second-order valence-electron chi connectivity index (χ2n) is 5.27. The molecule has 3 rings (SSSR count). The molecule has 0 fully saturated rings. The van der Waals surface area contributed by atoms with Gasteiger partial charge in [-0.3, -0.25) is 9.20 Å². The van der Waals surface area contributed by atoms with Crippen LogP contribution in [0.4, 0.5) is 5.82 Å². The quantitative estimate of drug-likeness (QED) is 0.761. The van der Waals surface area contributed by atoms with Crippen molar-refractivity contribution in [3.05, 3.63) is 34.2 Å². The summed E-state index contributed by atoms with van der Waals surface area (Å²) in [5, 5.41) is 7.01. The number of carbonyl (C=O) groups is 1. The molecule has 3 heterocycles. The van der Waals surface area contributed by atoms with Crippen LogP contribution in [-0.2, 0) is 17.9 Å². The highest BCUT2D eigenvalue weighted by atomic mass is 32.1. The van der Waals surface area contributed by atoms with Crippen molar-refractivity contribution in [3.8, 4) is 0 Å². The number of hydrogen-bond acceptors (Lipinski definition) is 5. The molecule has 0 aliphatic heterocycles. The van der Waals surface area contributed by atoms with Gasteiger partial charge in [-0.15, -0.1) is 11.3 Å². The van der Waals surface area contributed by atoms with Gasteiger partial charge in [0.2, 0.25) is 5.91 Å². The predicted molar refractivity (Wildman–Crippen MR) is 85.8 cm³/mol. The summed E-state index contributed by atoms with van der Waals surface area (Å²) in [5.41, 5.74) is 8.59. The van der Waals surface area contributed by atoms with Crippen molar-refractivity contribution in [2.75, 3.05) is 5.73 Å². The van der Waals surface area contributed by atoms with E-state index in [0.717, 1.165) is 16.3 Å². The number of anilines is 1. The first-order chi connectivity index (χ1) is 10.4. The van der Waals surface area contributed by atoms with Crippen LogP contribution in [0.2, 0.25) is 0 Å². The third-order valence-corrected chi connectivity index (χ3v) is 4.60. The molecule has 0 bridgehead atoms. The third-order valence-electron chi connectivity index (χ3n) is 3.53. The normalized spacial score (nSPS) is 11.2. The number of nitrogens with zero attached hydrogens (tertiary/aromatic N) is 4. The molecule has 0 saturated carbocycles. The van der Waals surface area contributed by atoms with E-state index >= 15 is 0 Å². The molecule has 0 saturated heterocycles. The van der Waals surface area contributed by atoms with Crippen molar-refractivity contribution in [1.82, 2.24) is 24.5 Å². The number of thiazole rings is 1. The maximum atomic E-state index is 12.0. The van der Waals surface area contributed by atoms with Crippen LogP contribution in [0.15, 0.2) is 12.3 Å². The number of rotatable bonds is 4. The lowest BCUT2D eigenvalue weighted by Crippen LogP contribution is -2.28. The van der Waals surface area contributed by atoms with E-state index in [2.05, 4.69) is 33.6 Å². The number of nitrogens with one attached hydrogen (secondary N) is 1. The number of aryl methyl sites for hydroxylation is 3. The van der Waals surface area contributed by atoms with Gasteiger partial charge in [-0.05, 0) is 20.8 Å². The predicted octanol–water partition coefficient (Wildman–Crippen LogP) is 1.42. The summed E-state index contributed by atoms with van der Waals surface area (Å²) in [6.45, 7) is 6.48. The van der Waals surface area contributed by atoms with Crippen LogP contribution in [0.25, 0.3) is 4.96 Å². The lowest BCUT2D eigenvalue weighted by atomic mass is 10.4. The summed E-state index contributed by atoms with van der Waals surface area (Å²) < 4.78 is 3.54. The summed E-state index contributed by atoms with van der Waals surface area (Å²) in [6.07, 6.45) is 1.96. The fourth-order valence-corrected chi connectivity index (χ4v) is 3.23. The molecular weight excluding hydrogens is 300 g/mol. The molecule has 3 N–H and O–H groups in total. The molecule has 7 nitrogen and oxygen atoms in total. The van der Waals surface area contributed by atoms with Crippen molar-refractivity contribution in [3.63, 3.8) is 0 Å². The molecule has 0 atom stereocenters.